The predicted octanol–water partition coefficient (Wildman–Crippen LogP) is 4.55. The third kappa shape index (κ3) is 4.64. The van der Waals surface area contributed by atoms with Gasteiger partial charge in [0.05, 0.1) is 38.1 Å². The number of carbonyl (C=O) groups excluding carboxylic acids is 1. The number of anilines is 1. The summed E-state index contributed by atoms with van der Waals surface area (Å²) < 4.78 is 19.1. The van der Waals surface area contributed by atoms with Gasteiger partial charge in [0.15, 0.2) is 11.5 Å². The molecule has 0 radical (unpaired) electrons. The minimum Gasteiger partial charge on any atom is -0.490 e. The van der Waals surface area contributed by atoms with Crippen LogP contribution in [-0.2, 0) is 11.3 Å². The van der Waals surface area contributed by atoms with E-state index in [-0.39, 0.29) is 18.5 Å². The molecule has 2 aliphatic heterocycles. The molecule has 1 aromatic carbocycles. The number of furan rings is 1. The Hall–Kier alpha value is -3.70. The highest BCUT2D eigenvalue weighted by molar-refractivity contribution is 5.93. The number of nitrogens with zero attached hydrogens (tertiary/aromatic N) is 3. The summed E-state index contributed by atoms with van der Waals surface area (Å²) in [5.74, 6) is 2.70. The quantitative estimate of drug-likeness (QED) is 0.563. The van der Waals surface area contributed by atoms with E-state index < -0.39 is 0 Å². The van der Waals surface area contributed by atoms with E-state index in [1.807, 2.05) is 36.6 Å². The van der Waals surface area contributed by atoms with Crippen molar-refractivity contribution >= 4 is 11.7 Å². The van der Waals surface area contributed by atoms with Crippen LogP contribution in [0.15, 0.2) is 41.0 Å². The van der Waals surface area contributed by atoms with Gasteiger partial charge in [-0.05, 0) is 68.6 Å². The van der Waals surface area contributed by atoms with Gasteiger partial charge in [-0.2, -0.15) is 5.26 Å². The van der Waals surface area contributed by atoms with Crippen LogP contribution in [0.3, 0.4) is 0 Å². The fourth-order valence-corrected chi connectivity index (χ4v) is 5.02. The molecule has 0 aliphatic carbocycles. The van der Waals surface area contributed by atoms with E-state index in [2.05, 4.69) is 28.4 Å². The summed E-state index contributed by atoms with van der Waals surface area (Å²) in [6.45, 7) is 6.69. The first kappa shape index (κ1) is 23.1. The van der Waals surface area contributed by atoms with Crippen LogP contribution in [0, 0.1) is 25.2 Å². The molecule has 0 bridgehead atoms. The summed E-state index contributed by atoms with van der Waals surface area (Å²) in [6, 6.07) is 12.2. The van der Waals surface area contributed by atoms with E-state index >= 15 is 0 Å². The van der Waals surface area contributed by atoms with Crippen molar-refractivity contribution in [3.63, 3.8) is 0 Å². The number of hydrogen-bond acceptors (Lipinski definition) is 6. The second-order valence-electron chi connectivity index (χ2n) is 9.14. The maximum Gasteiger partial charge on any atom is 0.239 e. The van der Waals surface area contributed by atoms with Crippen LogP contribution in [0.25, 0.3) is 0 Å². The van der Waals surface area contributed by atoms with E-state index in [9.17, 15) is 10.1 Å². The Morgan fingerprint density at radius 2 is 2.00 bits per heavy atom. The number of ether oxygens (including phenoxy) is 2. The van der Waals surface area contributed by atoms with Gasteiger partial charge >= 0.3 is 0 Å². The highest BCUT2D eigenvalue weighted by atomic mass is 16.5. The molecule has 1 atom stereocenters. The SMILES string of the molecule is Cc1c(C#N)c(NC(=O)CN2CCCC2c2ccc3c(c2)OCCCO3)n(Cc2ccco2)c1C. The van der Waals surface area contributed by atoms with Gasteiger partial charge in [0.25, 0.3) is 0 Å². The summed E-state index contributed by atoms with van der Waals surface area (Å²) in [6.07, 6.45) is 4.48. The number of nitrogens with one attached hydrogen (secondary N) is 1. The number of fused-ring (bicyclic) bond motifs is 1. The van der Waals surface area contributed by atoms with Gasteiger partial charge in [-0.3, -0.25) is 9.69 Å². The summed E-state index contributed by atoms with van der Waals surface area (Å²) >= 11 is 0. The van der Waals surface area contributed by atoms with Crippen molar-refractivity contribution in [3.05, 3.63) is 64.7 Å². The highest BCUT2D eigenvalue weighted by Gasteiger charge is 2.29. The van der Waals surface area contributed by atoms with Crippen LogP contribution in [0.1, 0.15) is 53.4 Å². The van der Waals surface area contributed by atoms with E-state index in [0.717, 1.165) is 59.9 Å². The van der Waals surface area contributed by atoms with E-state index in [0.29, 0.717) is 31.1 Å². The molecule has 2 aliphatic rings. The van der Waals surface area contributed by atoms with E-state index in [4.69, 9.17) is 13.9 Å². The smallest absolute Gasteiger partial charge is 0.239 e. The second-order valence-corrected chi connectivity index (χ2v) is 9.14. The zero-order chi connectivity index (χ0) is 24.4. The van der Waals surface area contributed by atoms with Crippen molar-refractivity contribution in [2.45, 2.75) is 45.7 Å². The number of nitriles is 1. The first-order chi connectivity index (χ1) is 17.0. The zero-order valence-corrected chi connectivity index (χ0v) is 20.2. The summed E-state index contributed by atoms with van der Waals surface area (Å²) in [4.78, 5) is 15.4. The molecule has 2 aromatic heterocycles. The lowest BCUT2D eigenvalue weighted by atomic mass is 10.0. The largest absolute Gasteiger partial charge is 0.490 e. The van der Waals surface area contributed by atoms with Gasteiger partial charge in [-0.1, -0.05) is 6.07 Å². The molecule has 4 heterocycles. The van der Waals surface area contributed by atoms with Gasteiger partial charge in [-0.15, -0.1) is 0 Å². The second kappa shape index (κ2) is 9.88. The van der Waals surface area contributed by atoms with Gasteiger partial charge in [-0.25, -0.2) is 0 Å². The Labute approximate surface area is 205 Å². The maximum absolute atomic E-state index is 13.2. The average molecular weight is 475 g/mol. The fraction of sp³-hybridized carbons (Fsp3) is 0.407. The molecular weight excluding hydrogens is 444 g/mol. The molecule has 1 amide bonds. The Bertz CT molecular complexity index is 1260. The molecule has 8 heteroatoms. The molecular formula is C27H30N4O4. The minimum atomic E-state index is -0.138. The van der Waals surface area contributed by atoms with Crippen LogP contribution in [-0.4, -0.2) is 41.7 Å². The topological polar surface area (TPSA) is 92.7 Å². The first-order valence-electron chi connectivity index (χ1n) is 12.1. The summed E-state index contributed by atoms with van der Waals surface area (Å²) in [5, 5.41) is 12.8. The summed E-state index contributed by atoms with van der Waals surface area (Å²) in [7, 11) is 0. The molecule has 0 saturated carbocycles. The number of amides is 1. The van der Waals surface area contributed by atoms with Crippen LogP contribution in [0.5, 0.6) is 11.5 Å². The summed E-state index contributed by atoms with van der Waals surface area (Å²) in [5.41, 5.74) is 3.41. The van der Waals surface area contributed by atoms with Crippen molar-refractivity contribution in [2.75, 3.05) is 31.6 Å². The highest BCUT2D eigenvalue weighted by Crippen LogP contribution is 2.38. The molecule has 0 spiro atoms. The van der Waals surface area contributed by atoms with E-state index in [1.165, 1.54) is 0 Å². The van der Waals surface area contributed by atoms with Crippen LogP contribution < -0.4 is 14.8 Å². The molecule has 1 fully saturated rings. The van der Waals surface area contributed by atoms with Crippen LogP contribution >= 0.6 is 0 Å². The maximum atomic E-state index is 13.2. The number of likely N-dealkylation sites (tertiary alicyclic amines) is 1. The molecule has 182 valence electrons. The lowest BCUT2D eigenvalue weighted by Gasteiger charge is -2.25. The number of carbonyl (C=O) groups is 1. The van der Waals surface area contributed by atoms with Gasteiger partial charge < -0.3 is 23.8 Å². The molecule has 8 nitrogen and oxygen atoms in total. The van der Waals surface area contributed by atoms with Crippen molar-refractivity contribution in [2.24, 2.45) is 0 Å². The molecule has 1 saturated heterocycles. The third-order valence-electron chi connectivity index (χ3n) is 6.96. The lowest BCUT2D eigenvalue weighted by Crippen LogP contribution is -2.33. The number of rotatable bonds is 6. The Balaban J connectivity index is 1.34. The molecule has 35 heavy (non-hydrogen) atoms. The third-order valence-corrected chi connectivity index (χ3v) is 6.96. The van der Waals surface area contributed by atoms with Crippen LogP contribution in [0.4, 0.5) is 5.82 Å². The Morgan fingerprint density at radius 1 is 1.17 bits per heavy atom. The number of benzene rings is 1. The van der Waals surface area contributed by atoms with Crippen LogP contribution in [0.2, 0.25) is 0 Å². The number of hydrogen-bond donors (Lipinski definition) is 1. The molecule has 3 aromatic rings. The zero-order valence-electron chi connectivity index (χ0n) is 20.2. The molecule has 5 rings (SSSR count). The van der Waals surface area contributed by atoms with Crippen molar-refractivity contribution < 1.29 is 18.7 Å². The predicted molar refractivity (Wildman–Crippen MR) is 131 cm³/mol. The Morgan fingerprint density at radius 3 is 2.77 bits per heavy atom. The standard InChI is InChI=1S/C27H30N4O4/c1-18-19(2)31(16-21-6-4-11-33-21)27(22(18)15-28)29-26(32)17-30-10-3-7-23(30)20-8-9-24-25(14-20)35-13-5-12-34-24/h4,6,8-9,11,14,23H,3,5,7,10,12-13,16-17H2,1-2H3,(H,29,32). The number of aromatic nitrogens is 1. The fourth-order valence-electron chi connectivity index (χ4n) is 5.02. The lowest BCUT2D eigenvalue weighted by molar-refractivity contribution is -0.117. The van der Waals surface area contributed by atoms with Gasteiger partial charge in [0.2, 0.25) is 5.91 Å². The van der Waals surface area contributed by atoms with Gasteiger partial charge in [0, 0.05) is 18.2 Å². The van der Waals surface area contributed by atoms with Crippen molar-refractivity contribution in [3.8, 4) is 17.6 Å². The molecule has 1 unspecified atom stereocenters. The minimum absolute atomic E-state index is 0.131. The average Bonchev–Trinajstić information content (AvgIpc) is 3.53. The normalized spacial score (nSPS) is 17.7. The van der Waals surface area contributed by atoms with Gasteiger partial charge in [0.1, 0.15) is 17.6 Å². The monoisotopic (exact) mass is 474 g/mol. The van der Waals surface area contributed by atoms with E-state index in [1.54, 1.807) is 6.26 Å². The van der Waals surface area contributed by atoms with Crippen molar-refractivity contribution in [1.29, 1.82) is 5.26 Å². The molecule has 1 N–H and O–H groups in total. The Kier molecular flexibility index (Phi) is 6.51. The first-order valence-corrected chi connectivity index (χ1v) is 12.1. The van der Waals surface area contributed by atoms with Crippen molar-refractivity contribution in [1.82, 2.24) is 9.47 Å².